The van der Waals surface area contributed by atoms with Crippen LogP contribution in [-0.2, 0) is 0 Å². The zero-order valence-electron chi connectivity index (χ0n) is 26.2. The maximum atomic E-state index is 6.27. The van der Waals surface area contributed by atoms with E-state index < -0.39 is 0 Å². The van der Waals surface area contributed by atoms with Crippen LogP contribution in [0.2, 0.25) is 0 Å². The van der Waals surface area contributed by atoms with E-state index in [1.54, 1.807) is 0 Å². The van der Waals surface area contributed by atoms with Crippen LogP contribution >= 0.6 is 0 Å². The van der Waals surface area contributed by atoms with Crippen LogP contribution in [0.1, 0.15) is 83.1 Å². The van der Waals surface area contributed by atoms with E-state index in [0.717, 1.165) is 39.0 Å². The molecule has 0 saturated carbocycles. The Labute approximate surface area is 234 Å². The average molecular weight is 516 g/mol. The summed E-state index contributed by atoms with van der Waals surface area (Å²) < 4.78 is 6.27. The van der Waals surface area contributed by atoms with E-state index in [1.807, 2.05) is 107 Å². The second kappa shape index (κ2) is 23.9. The molecule has 5 rings (SSSR count). The van der Waals surface area contributed by atoms with Gasteiger partial charge in [-0.3, -0.25) is 0 Å². The Bertz CT molecular complexity index is 1140. The van der Waals surface area contributed by atoms with Gasteiger partial charge in [0.2, 0.25) is 0 Å². The number of anilines is 3. The Hall–Kier alpha value is -3.52. The van der Waals surface area contributed by atoms with Crippen molar-refractivity contribution in [1.82, 2.24) is 0 Å². The summed E-state index contributed by atoms with van der Waals surface area (Å²) in [5, 5.41) is 2.28. The fraction of sp³-hybridized carbons (Fsp3) is 0.333. The molecule has 0 bridgehead atoms. The minimum atomic E-state index is 0.904. The van der Waals surface area contributed by atoms with Gasteiger partial charge in [0.15, 0.2) is 5.58 Å². The quantitative estimate of drug-likeness (QED) is 0.237. The molecular formula is C36H53NO. The summed E-state index contributed by atoms with van der Waals surface area (Å²) in [6.45, 7) is 24.0. The predicted molar refractivity (Wildman–Crippen MR) is 176 cm³/mol. The zero-order chi connectivity index (χ0) is 29.3. The standard InChI is InChI=1S/C24H17NO.6C2H6/c1-3-10-18(11-4-1)25(19-12-5-2-6-13-19)22-16-9-15-21-20-14-7-8-17-23(20)26-24(21)22;6*1-2/h1-17H;6*1-2H3. The number of hydrogen-bond acceptors (Lipinski definition) is 2. The molecule has 0 fully saturated rings. The lowest BCUT2D eigenvalue weighted by molar-refractivity contribution is 0.669. The van der Waals surface area contributed by atoms with Gasteiger partial charge in [-0.2, -0.15) is 0 Å². The molecule has 0 aliphatic carbocycles. The lowest BCUT2D eigenvalue weighted by atomic mass is 10.1. The minimum Gasteiger partial charge on any atom is -0.454 e. The van der Waals surface area contributed by atoms with Gasteiger partial charge in [-0.05, 0) is 36.4 Å². The average Bonchev–Trinajstić information content (AvgIpc) is 3.44. The molecule has 0 N–H and O–H groups in total. The third-order valence-electron chi connectivity index (χ3n) is 4.65. The van der Waals surface area contributed by atoms with Crippen molar-refractivity contribution in [2.75, 3.05) is 4.90 Å². The number of nitrogens with zero attached hydrogens (tertiary/aromatic N) is 1. The molecule has 38 heavy (non-hydrogen) atoms. The first-order valence-corrected chi connectivity index (χ1v) is 14.7. The van der Waals surface area contributed by atoms with E-state index in [9.17, 15) is 0 Å². The van der Waals surface area contributed by atoms with Crippen molar-refractivity contribution < 1.29 is 4.42 Å². The number of benzene rings is 4. The van der Waals surface area contributed by atoms with Gasteiger partial charge in [-0.15, -0.1) is 0 Å². The van der Waals surface area contributed by atoms with Gasteiger partial charge >= 0.3 is 0 Å². The molecule has 0 saturated heterocycles. The second-order valence-corrected chi connectivity index (χ2v) is 6.26. The molecule has 0 aliphatic heterocycles. The number of fused-ring (bicyclic) bond motifs is 3. The molecule has 208 valence electrons. The largest absolute Gasteiger partial charge is 0.454 e. The number of para-hydroxylation sites is 4. The van der Waals surface area contributed by atoms with Gasteiger partial charge in [0.1, 0.15) is 5.58 Å². The highest BCUT2D eigenvalue weighted by molar-refractivity contribution is 6.10. The number of rotatable bonds is 3. The zero-order valence-corrected chi connectivity index (χ0v) is 26.2. The van der Waals surface area contributed by atoms with E-state index in [1.165, 1.54) is 0 Å². The fourth-order valence-corrected chi connectivity index (χ4v) is 3.49. The van der Waals surface area contributed by atoms with Crippen LogP contribution in [0.5, 0.6) is 0 Å². The van der Waals surface area contributed by atoms with Crippen molar-refractivity contribution in [3.63, 3.8) is 0 Å². The molecule has 0 aliphatic rings. The van der Waals surface area contributed by atoms with Gasteiger partial charge < -0.3 is 9.32 Å². The second-order valence-electron chi connectivity index (χ2n) is 6.26. The molecule has 1 aromatic heterocycles. The van der Waals surface area contributed by atoms with Gasteiger partial charge in [0.25, 0.3) is 0 Å². The van der Waals surface area contributed by atoms with Crippen LogP contribution in [0.25, 0.3) is 21.9 Å². The normalized spacial score (nSPS) is 8.53. The van der Waals surface area contributed by atoms with E-state index >= 15 is 0 Å². The Kier molecular flexibility index (Phi) is 23.0. The molecule has 2 heteroatoms. The van der Waals surface area contributed by atoms with Crippen LogP contribution in [0.15, 0.2) is 108 Å². The van der Waals surface area contributed by atoms with Gasteiger partial charge in [0.05, 0.1) is 5.69 Å². The lowest BCUT2D eigenvalue weighted by Gasteiger charge is -2.25. The van der Waals surface area contributed by atoms with Crippen LogP contribution in [0, 0.1) is 0 Å². The highest BCUT2D eigenvalue weighted by Crippen LogP contribution is 2.41. The minimum absolute atomic E-state index is 0.904. The Morgan fingerprint density at radius 1 is 0.395 bits per heavy atom. The summed E-state index contributed by atoms with van der Waals surface area (Å²) in [6, 6.07) is 35.3. The van der Waals surface area contributed by atoms with Crippen LogP contribution in [-0.4, -0.2) is 0 Å². The third kappa shape index (κ3) is 9.74. The SMILES string of the molecule is CC.CC.CC.CC.CC.CC.c1ccc(N(c2ccccc2)c2cccc3c2oc2ccccc23)cc1. The molecule has 0 atom stereocenters. The van der Waals surface area contributed by atoms with Crippen molar-refractivity contribution in [2.45, 2.75) is 83.1 Å². The summed E-state index contributed by atoms with van der Waals surface area (Å²) in [5.74, 6) is 0. The monoisotopic (exact) mass is 515 g/mol. The fourth-order valence-electron chi connectivity index (χ4n) is 3.49. The maximum absolute atomic E-state index is 6.27. The molecule has 0 radical (unpaired) electrons. The molecular weight excluding hydrogens is 462 g/mol. The highest BCUT2D eigenvalue weighted by Gasteiger charge is 2.18. The number of hydrogen-bond donors (Lipinski definition) is 0. The van der Waals surface area contributed by atoms with E-state index in [-0.39, 0.29) is 0 Å². The summed E-state index contributed by atoms with van der Waals surface area (Å²) >= 11 is 0. The number of furan rings is 1. The molecule has 0 amide bonds. The molecule has 1 heterocycles. The van der Waals surface area contributed by atoms with Crippen molar-refractivity contribution in [3.8, 4) is 0 Å². The summed E-state index contributed by atoms with van der Waals surface area (Å²) in [6.07, 6.45) is 0. The Morgan fingerprint density at radius 2 is 0.789 bits per heavy atom. The first kappa shape index (κ1) is 36.6. The van der Waals surface area contributed by atoms with Gasteiger partial charge in [-0.25, -0.2) is 0 Å². The van der Waals surface area contributed by atoms with E-state index in [0.29, 0.717) is 0 Å². The lowest BCUT2D eigenvalue weighted by Crippen LogP contribution is -2.09. The first-order valence-electron chi connectivity index (χ1n) is 14.7. The smallest absolute Gasteiger partial charge is 0.159 e. The first-order chi connectivity index (χ1) is 18.9. The summed E-state index contributed by atoms with van der Waals surface area (Å²) in [7, 11) is 0. The van der Waals surface area contributed by atoms with Crippen molar-refractivity contribution in [2.24, 2.45) is 0 Å². The predicted octanol–water partition coefficient (Wildman–Crippen LogP) is 13.2. The van der Waals surface area contributed by atoms with Gasteiger partial charge in [-0.1, -0.05) is 150 Å². The molecule has 4 aromatic carbocycles. The molecule has 5 aromatic rings. The van der Waals surface area contributed by atoms with Crippen LogP contribution in [0.4, 0.5) is 17.1 Å². The van der Waals surface area contributed by atoms with Crippen molar-refractivity contribution >= 4 is 39.0 Å². The van der Waals surface area contributed by atoms with Crippen LogP contribution in [0.3, 0.4) is 0 Å². The molecule has 0 spiro atoms. The third-order valence-corrected chi connectivity index (χ3v) is 4.65. The maximum Gasteiger partial charge on any atom is 0.159 e. The van der Waals surface area contributed by atoms with Crippen molar-refractivity contribution in [3.05, 3.63) is 103 Å². The summed E-state index contributed by atoms with van der Waals surface area (Å²) in [5.41, 5.74) is 5.06. The van der Waals surface area contributed by atoms with E-state index in [4.69, 9.17) is 4.42 Å². The topological polar surface area (TPSA) is 16.4 Å². The highest BCUT2D eigenvalue weighted by atomic mass is 16.3. The van der Waals surface area contributed by atoms with Gasteiger partial charge in [0, 0.05) is 22.1 Å². The Morgan fingerprint density at radius 3 is 1.26 bits per heavy atom. The summed E-state index contributed by atoms with van der Waals surface area (Å²) in [4.78, 5) is 2.24. The van der Waals surface area contributed by atoms with E-state index in [2.05, 4.69) is 83.8 Å². The van der Waals surface area contributed by atoms with Crippen molar-refractivity contribution in [1.29, 1.82) is 0 Å². The Balaban J connectivity index is 0. The van der Waals surface area contributed by atoms with Crippen LogP contribution < -0.4 is 4.90 Å². The molecule has 2 nitrogen and oxygen atoms in total. The molecule has 0 unspecified atom stereocenters.